The SMILES string of the molecule is CCC(C)(OC)C(=O)CCC(=O)OCCOCCOCCOC(C)C. The number of carbonyl (C=O) groups is 2. The number of hydrogen-bond acceptors (Lipinski definition) is 7. The lowest BCUT2D eigenvalue weighted by molar-refractivity contribution is -0.149. The Bertz CT molecular complexity index is 364. The van der Waals surface area contributed by atoms with Crippen molar-refractivity contribution in [1.29, 1.82) is 0 Å². The van der Waals surface area contributed by atoms with Gasteiger partial charge in [-0.05, 0) is 27.2 Å². The highest BCUT2D eigenvalue weighted by Crippen LogP contribution is 2.18. The van der Waals surface area contributed by atoms with Crippen molar-refractivity contribution in [1.82, 2.24) is 0 Å². The van der Waals surface area contributed by atoms with Crippen molar-refractivity contribution in [2.75, 3.05) is 46.8 Å². The zero-order valence-corrected chi connectivity index (χ0v) is 16.3. The second-order valence-electron chi connectivity index (χ2n) is 6.08. The van der Waals surface area contributed by atoms with E-state index in [0.717, 1.165) is 0 Å². The fourth-order valence-electron chi connectivity index (χ4n) is 1.89. The summed E-state index contributed by atoms with van der Waals surface area (Å²) in [5.74, 6) is -0.502. The second kappa shape index (κ2) is 14.2. The predicted molar refractivity (Wildman–Crippen MR) is 93.6 cm³/mol. The molecule has 0 saturated carbocycles. The summed E-state index contributed by atoms with van der Waals surface area (Å²) in [6, 6.07) is 0. The molecule has 0 aromatic heterocycles. The van der Waals surface area contributed by atoms with Gasteiger partial charge in [0.1, 0.15) is 12.2 Å². The van der Waals surface area contributed by atoms with Gasteiger partial charge in [-0.3, -0.25) is 9.59 Å². The van der Waals surface area contributed by atoms with E-state index in [1.165, 1.54) is 7.11 Å². The van der Waals surface area contributed by atoms with Gasteiger partial charge in [-0.1, -0.05) is 6.92 Å². The first kappa shape index (κ1) is 24.0. The molecular weight excluding hydrogens is 328 g/mol. The maximum Gasteiger partial charge on any atom is 0.306 e. The molecule has 0 aliphatic carbocycles. The number of rotatable bonds is 16. The fourth-order valence-corrected chi connectivity index (χ4v) is 1.89. The predicted octanol–water partition coefficient (Wildman–Crippen LogP) is 2.15. The summed E-state index contributed by atoms with van der Waals surface area (Å²) in [6.07, 6.45) is 0.938. The third-order valence-corrected chi connectivity index (χ3v) is 3.81. The molecule has 0 aliphatic heterocycles. The van der Waals surface area contributed by atoms with Gasteiger partial charge in [-0.25, -0.2) is 0 Å². The average molecular weight is 362 g/mol. The lowest BCUT2D eigenvalue weighted by Crippen LogP contribution is -2.36. The highest BCUT2D eigenvalue weighted by Gasteiger charge is 2.30. The first-order valence-electron chi connectivity index (χ1n) is 8.86. The summed E-state index contributed by atoms with van der Waals surface area (Å²) in [5, 5.41) is 0. The zero-order valence-electron chi connectivity index (χ0n) is 16.3. The van der Waals surface area contributed by atoms with E-state index in [9.17, 15) is 9.59 Å². The molecule has 0 bridgehead atoms. The molecule has 0 N–H and O–H groups in total. The van der Waals surface area contributed by atoms with Crippen LogP contribution in [0, 0.1) is 0 Å². The number of Topliss-reactive ketones (excluding diaryl/α,β-unsaturated/α-hetero) is 1. The molecule has 1 unspecified atom stereocenters. The fraction of sp³-hybridized carbons (Fsp3) is 0.889. The Hall–Kier alpha value is -1.02. The normalized spacial score (nSPS) is 13.7. The van der Waals surface area contributed by atoms with Gasteiger partial charge in [0, 0.05) is 13.5 Å². The van der Waals surface area contributed by atoms with Crippen LogP contribution >= 0.6 is 0 Å². The van der Waals surface area contributed by atoms with Crippen LogP contribution in [0.1, 0.15) is 47.0 Å². The van der Waals surface area contributed by atoms with E-state index < -0.39 is 11.6 Å². The molecule has 0 saturated heterocycles. The zero-order chi connectivity index (χ0) is 19.1. The second-order valence-corrected chi connectivity index (χ2v) is 6.08. The lowest BCUT2D eigenvalue weighted by atomic mass is 9.94. The number of hydrogen-bond donors (Lipinski definition) is 0. The van der Waals surface area contributed by atoms with Gasteiger partial charge in [-0.15, -0.1) is 0 Å². The van der Waals surface area contributed by atoms with Gasteiger partial charge in [0.2, 0.25) is 0 Å². The minimum atomic E-state index is -0.830. The molecule has 25 heavy (non-hydrogen) atoms. The molecule has 0 fully saturated rings. The summed E-state index contributed by atoms with van der Waals surface area (Å²) >= 11 is 0. The lowest BCUT2D eigenvalue weighted by Gasteiger charge is -2.24. The van der Waals surface area contributed by atoms with Gasteiger partial charge < -0.3 is 23.7 Å². The highest BCUT2D eigenvalue weighted by molar-refractivity contribution is 5.89. The van der Waals surface area contributed by atoms with Crippen molar-refractivity contribution in [3.8, 4) is 0 Å². The standard InChI is InChI=1S/C18H34O7/c1-6-18(4,21-5)16(19)7-8-17(20)25-14-12-23-10-9-22-11-13-24-15(2)3/h15H,6-14H2,1-5H3. The van der Waals surface area contributed by atoms with E-state index in [4.69, 9.17) is 23.7 Å². The van der Waals surface area contributed by atoms with Crippen molar-refractivity contribution < 1.29 is 33.3 Å². The molecule has 7 nitrogen and oxygen atoms in total. The Morgan fingerprint density at radius 3 is 2.00 bits per heavy atom. The van der Waals surface area contributed by atoms with Crippen molar-refractivity contribution in [2.24, 2.45) is 0 Å². The topological polar surface area (TPSA) is 80.3 Å². The van der Waals surface area contributed by atoms with Crippen LogP contribution in [0.25, 0.3) is 0 Å². The molecule has 0 spiro atoms. The Morgan fingerprint density at radius 2 is 1.48 bits per heavy atom. The molecule has 0 aromatic rings. The van der Waals surface area contributed by atoms with E-state index in [0.29, 0.717) is 39.5 Å². The van der Waals surface area contributed by atoms with Crippen LogP contribution in [0.4, 0.5) is 0 Å². The third kappa shape index (κ3) is 12.0. The van der Waals surface area contributed by atoms with Crippen molar-refractivity contribution >= 4 is 11.8 Å². The molecular formula is C18H34O7. The van der Waals surface area contributed by atoms with E-state index in [1.54, 1.807) is 6.92 Å². The number of ketones is 1. The molecule has 0 rings (SSSR count). The largest absolute Gasteiger partial charge is 0.463 e. The molecule has 7 heteroatoms. The number of methoxy groups -OCH3 is 1. The first-order valence-corrected chi connectivity index (χ1v) is 8.86. The Balaban J connectivity index is 3.54. The van der Waals surface area contributed by atoms with E-state index in [2.05, 4.69) is 0 Å². The van der Waals surface area contributed by atoms with Crippen molar-refractivity contribution in [2.45, 2.75) is 58.7 Å². The van der Waals surface area contributed by atoms with Crippen LogP contribution in [-0.4, -0.2) is 70.2 Å². The molecule has 1 atom stereocenters. The number of carbonyl (C=O) groups excluding carboxylic acids is 2. The van der Waals surface area contributed by atoms with Crippen LogP contribution in [0.3, 0.4) is 0 Å². The van der Waals surface area contributed by atoms with Gasteiger partial charge in [0.15, 0.2) is 5.78 Å². The maximum atomic E-state index is 12.0. The monoisotopic (exact) mass is 362 g/mol. The molecule has 0 aliphatic rings. The van der Waals surface area contributed by atoms with E-state index in [-0.39, 0.29) is 31.3 Å². The molecule has 0 amide bonds. The van der Waals surface area contributed by atoms with Crippen LogP contribution in [0.5, 0.6) is 0 Å². The maximum absolute atomic E-state index is 12.0. The summed E-state index contributed by atoms with van der Waals surface area (Å²) in [6.45, 7) is 10.0. The van der Waals surface area contributed by atoms with E-state index in [1.807, 2.05) is 20.8 Å². The first-order chi connectivity index (χ1) is 11.9. The van der Waals surface area contributed by atoms with Crippen LogP contribution in [0.15, 0.2) is 0 Å². The summed E-state index contributed by atoms with van der Waals surface area (Å²) in [5.41, 5.74) is -0.830. The van der Waals surface area contributed by atoms with Gasteiger partial charge in [-0.2, -0.15) is 0 Å². The van der Waals surface area contributed by atoms with Gasteiger partial charge in [0.25, 0.3) is 0 Å². The average Bonchev–Trinajstić information content (AvgIpc) is 2.60. The number of esters is 1. The molecule has 0 aromatic carbocycles. The van der Waals surface area contributed by atoms with E-state index >= 15 is 0 Å². The van der Waals surface area contributed by atoms with Crippen LogP contribution in [-0.2, 0) is 33.3 Å². The van der Waals surface area contributed by atoms with Crippen molar-refractivity contribution in [3.05, 3.63) is 0 Å². The summed E-state index contributed by atoms with van der Waals surface area (Å²) in [7, 11) is 1.50. The van der Waals surface area contributed by atoms with Crippen LogP contribution in [0.2, 0.25) is 0 Å². The smallest absolute Gasteiger partial charge is 0.306 e. The molecule has 148 valence electrons. The summed E-state index contributed by atoms with van der Waals surface area (Å²) < 4.78 is 26.2. The Labute approximate surface area is 151 Å². The third-order valence-electron chi connectivity index (χ3n) is 3.81. The minimum absolute atomic E-state index is 0.0523. The molecule has 0 radical (unpaired) electrons. The Morgan fingerprint density at radius 1 is 0.920 bits per heavy atom. The van der Waals surface area contributed by atoms with Gasteiger partial charge in [0.05, 0.1) is 45.6 Å². The van der Waals surface area contributed by atoms with Crippen LogP contribution < -0.4 is 0 Å². The summed E-state index contributed by atoms with van der Waals surface area (Å²) in [4.78, 5) is 23.6. The highest BCUT2D eigenvalue weighted by atomic mass is 16.6. The number of ether oxygens (including phenoxy) is 5. The minimum Gasteiger partial charge on any atom is -0.463 e. The Kier molecular flexibility index (Phi) is 13.6. The quantitative estimate of drug-likeness (QED) is 0.307. The van der Waals surface area contributed by atoms with Crippen molar-refractivity contribution in [3.63, 3.8) is 0 Å². The van der Waals surface area contributed by atoms with Gasteiger partial charge >= 0.3 is 5.97 Å². The molecule has 0 heterocycles.